The number of carbonyl (C=O) groups excluding carboxylic acids is 3. The number of sulfonamides is 1. The lowest BCUT2D eigenvalue weighted by atomic mass is 9.73. The van der Waals surface area contributed by atoms with Gasteiger partial charge in [0.1, 0.15) is 17.0 Å². The molecule has 0 aromatic heterocycles. The maximum Gasteiger partial charge on any atom is 0.325 e. The van der Waals surface area contributed by atoms with E-state index in [4.69, 9.17) is 11.6 Å². The van der Waals surface area contributed by atoms with Crippen molar-refractivity contribution in [1.82, 2.24) is 14.5 Å². The molecule has 11 heteroatoms. The van der Waals surface area contributed by atoms with Crippen LogP contribution >= 0.6 is 11.6 Å². The molecular weight excluding hydrogens is 456 g/mol. The Morgan fingerprint density at radius 2 is 1.94 bits per heavy atom. The Kier molecular flexibility index (Phi) is 6.21. The van der Waals surface area contributed by atoms with Gasteiger partial charge in [-0.2, -0.15) is 4.31 Å². The first-order chi connectivity index (χ1) is 15.1. The number of amides is 4. The van der Waals surface area contributed by atoms with Gasteiger partial charge in [-0.3, -0.25) is 14.5 Å². The lowest BCUT2D eigenvalue weighted by molar-refractivity contribution is -0.136. The fourth-order valence-electron chi connectivity index (χ4n) is 4.83. The fourth-order valence-corrected chi connectivity index (χ4v) is 6.85. The number of imide groups is 1. The highest BCUT2D eigenvalue weighted by molar-refractivity contribution is 7.89. The lowest BCUT2D eigenvalue weighted by Gasteiger charge is -2.36. The number of nitrogens with one attached hydrogen (secondary N) is 2. The van der Waals surface area contributed by atoms with Crippen molar-refractivity contribution in [3.8, 4) is 0 Å². The van der Waals surface area contributed by atoms with Crippen LogP contribution in [-0.4, -0.2) is 60.6 Å². The summed E-state index contributed by atoms with van der Waals surface area (Å²) in [5, 5.41) is 5.47. The number of nitrogens with zero attached hydrogens (tertiary/aromatic N) is 2. The molecule has 1 saturated carbocycles. The van der Waals surface area contributed by atoms with Crippen molar-refractivity contribution in [2.45, 2.75) is 55.9 Å². The third-order valence-electron chi connectivity index (χ3n) is 6.70. The summed E-state index contributed by atoms with van der Waals surface area (Å²) in [7, 11) is -3.77. The molecule has 4 amide bonds. The quantitative estimate of drug-likeness (QED) is 0.626. The molecule has 1 aromatic carbocycles. The van der Waals surface area contributed by atoms with Gasteiger partial charge >= 0.3 is 6.03 Å². The lowest BCUT2D eigenvalue weighted by Crippen LogP contribution is -2.54. The number of halogens is 1. The van der Waals surface area contributed by atoms with Crippen LogP contribution in [-0.2, 0) is 19.6 Å². The largest absolute Gasteiger partial charge is 0.325 e. The Labute approximate surface area is 192 Å². The molecule has 3 aliphatic rings. The van der Waals surface area contributed by atoms with Crippen molar-refractivity contribution in [3.05, 3.63) is 23.2 Å². The molecule has 9 nitrogen and oxygen atoms in total. The van der Waals surface area contributed by atoms with Crippen molar-refractivity contribution < 1.29 is 22.8 Å². The molecule has 4 rings (SSSR count). The molecule has 1 spiro atoms. The second kappa shape index (κ2) is 8.64. The van der Waals surface area contributed by atoms with Crippen molar-refractivity contribution in [2.75, 3.05) is 25.0 Å². The van der Waals surface area contributed by atoms with Crippen LogP contribution in [0, 0.1) is 5.92 Å². The number of hydrogen-bond acceptors (Lipinski definition) is 5. The van der Waals surface area contributed by atoms with Gasteiger partial charge in [0.15, 0.2) is 0 Å². The minimum Gasteiger partial charge on any atom is -0.324 e. The zero-order valence-electron chi connectivity index (χ0n) is 17.9. The topological polar surface area (TPSA) is 116 Å². The molecule has 1 aliphatic carbocycles. The number of rotatable bonds is 5. The summed E-state index contributed by atoms with van der Waals surface area (Å²) in [5.74, 6) is -0.977. The molecular formula is C21H27ClN4O5S. The number of anilines is 1. The summed E-state index contributed by atoms with van der Waals surface area (Å²) in [4.78, 5) is 39.0. The molecule has 0 radical (unpaired) electrons. The van der Waals surface area contributed by atoms with Crippen LogP contribution in [0.5, 0.6) is 0 Å². The van der Waals surface area contributed by atoms with Crippen LogP contribution in [0.2, 0.25) is 5.02 Å². The van der Waals surface area contributed by atoms with Gasteiger partial charge in [-0.25, -0.2) is 13.2 Å². The normalized spacial score (nSPS) is 26.6. The van der Waals surface area contributed by atoms with E-state index in [-0.39, 0.29) is 27.4 Å². The van der Waals surface area contributed by atoms with Gasteiger partial charge in [0, 0.05) is 18.8 Å². The molecule has 3 fully saturated rings. The van der Waals surface area contributed by atoms with E-state index in [0.29, 0.717) is 19.5 Å². The highest BCUT2D eigenvalue weighted by Gasteiger charge is 2.55. The second-order valence-corrected chi connectivity index (χ2v) is 11.1. The van der Waals surface area contributed by atoms with Gasteiger partial charge in [-0.05, 0) is 49.8 Å². The Balaban J connectivity index is 1.48. The molecule has 174 valence electrons. The number of hydrogen-bond donors (Lipinski definition) is 2. The van der Waals surface area contributed by atoms with E-state index in [2.05, 4.69) is 10.6 Å². The van der Waals surface area contributed by atoms with Gasteiger partial charge < -0.3 is 10.6 Å². The zero-order chi connectivity index (χ0) is 23.1. The highest BCUT2D eigenvalue weighted by Crippen LogP contribution is 2.38. The summed E-state index contributed by atoms with van der Waals surface area (Å²) >= 11 is 6.14. The van der Waals surface area contributed by atoms with Gasteiger partial charge in [0.2, 0.25) is 15.9 Å². The SMILES string of the molecule is C[C@H]1CCCC[C@]12NC(=O)N(CC(=O)Nc1ccc(Cl)c(S(=O)(=O)N3CCCC3)c1)C2=O. The standard InChI is InChI=1S/C21H27ClN4O5S/c1-14-6-2-3-9-21(14)19(28)26(20(29)24-21)13-18(27)23-15-7-8-16(22)17(12-15)32(30,31)25-10-4-5-11-25/h7-8,12,14H,2-6,9-11,13H2,1H3,(H,23,27)(H,24,29)/t14-,21-/m0/s1. The summed E-state index contributed by atoms with van der Waals surface area (Å²) in [6.07, 6.45) is 4.83. The van der Waals surface area contributed by atoms with Gasteiger partial charge in [0.05, 0.1) is 5.02 Å². The number of benzene rings is 1. The third-order valence-corrected chi connectivity index (χ3v) is 9.08. The predicted molar refractivity (Wildman–Crippen MR) is 119 cm³/mol. The molecule has 0 unspecified atom stereocenters. The minimum absolute atomic E-state index is 0.00428. The molecule has 2 saturated heterocycles. The van der Waals surface area contributed by atoms with E-state index in [1.807, 2.05) is 6.92 Å². The fraction of sp³-hybridized carbons (Fsp3) is 0.571. The molecule has 2 heterocycles. The first kappa shape index (κ1) is 23.0. The number of urea groups is 1. The van der Waals surface area contributed by atoms with Crippen LogP contribution in [0.25, 0.3) is 0 Å². The summed E-state index contributed by atoms with van der Waals surface area (Å²) in [5.41, 5.74) is -0.711. The highest BCUT2D eigenvalue weighted by atomic mass is 35.5. The molecule has 0 bridgehead atoms. The molecule has 1 aromatic rings. The third kappa shape index (κ3) is 3.99. The Bertz CT molecular complexity index is 1060. The Morgan fingerprint density at radius 3 is 2.62 bits per heavy atom. The monoisotopic (exact) mass is 482 g/mol. The Morgan fingerprint density at radius 1 is 1.22 bits per heavy atom. The van der Waals surface area contributed by atoms with E-state index in [9.17, 15) is 22.8 Å². The van der Waals surface area contributed by atoms with Crippen LogP contribution in [0.4, 0.5) is 10.5 Å². The molecule has 2 N–H and O–H groups in total. The van der Waals surface area contributed by atoms with Crippen LogP contribution < -0.4 is 10.6 Å². The smallest absolute Gasteiger partial charge is 0.324 e. The summed E-state index contributed by atoms with van der Waals surface area (Å²) < 4.78 is 27.1. The second-order valence-electron chi connectivity index (χ2n) is 8.74. The average molecular weight is 483 g/mol. The van der Waals surface area contributed by atoms with E-state index in [1.54, 1.807) is 0 Å². The van der Waals surface area contributed by atoms with Crippen LogP contribution in [0.3, 0.4) is 0 Å². The number of carbonyl (C=O) groups is 3. The summed E-state index contributed by atoms with van der Waals surface area (Å²) in [6.45, 7) is 2.36. The van der Waals surface area contributed by atoms with Gasteiger partial charge in [0.25, 0.3) is 5.91 Å². The van der Waals surface area contributed by atoms with Crippen molar-refractivity contribution >= 4 is 45.2 Å². The maximum atomic E-state index is 13.0. The van der Waals surface area contributed by atoms with E-state index in [1.165, 1.54) is 22.5 Å². The van der Waals surface area contributed by atoms with Gasteiger partial charge in [-0.1, -0.05) is 31.4 Å². The molecule has 2 aliphatic heterocycles. The maximum absolute atomic E-state index is 13.0. The Hall–Kier alpha value is -2.17. The first-order valence-electron chi connectivity index (χ1n) is 10.9. The van der Waals surface area contributed by atoms with Crippen LogP contribution in [0.15, 0.2) is 23.1 Å². The van der Waals surface area contributed by atoms with E-state index >= 15 is 0 Å². The van der Waals surface area contributed by atoms with E-state index < -0.39 is 34.0 Å². The predicted octanol–water partition coefficient (Wildman–Crippen LogP) is 2.56. The van der Waals surface area contributed by atoms with Crippen molar-refractivity contribution in [1.29, 1.82) is 0 Å². The van der Waals surface area contributed by atoms with E-state index in [0.717, 1.165) is 37.0 Å². The van der Waals surface area contributed by atoms with Crippen molar-refractivity contribution in [2.24, 2.45) is 5.92 Å². The molecule has 32 heavy (non-hydrogen) atoms. The zero-order valence-corrected chi connectivity index (χ0v) is 19.5. The average Bonchev–Trinajstić information content (AvgIpc) is 3.36. The first-order valence-corrected chi connectivity index (χ1v) is 12.7. The van der Waals surface area contributed by atoms with Gasteiger partial charge in [-0.15, -0.1) is 0 Å². The summed E-state index contributed by atoms with van der Waals surface area (Å²) in [6, 6.07) is 3.63. The minimum atomic E-state index is -3.77. The van der Waals surface area contributed by atoms with Crippen molar-refractivity contribution in [3.63, 3.8) is 0 Å². The molecule has 2 atom stereocenters. The van der Waals surface area contributed by atoms with Crippen LogP contribution in [0.1, 0.15) is 45.4 Å².